The Morgan fingerprint density at radius 1 is 1.38 bits per heavy atom. The van der Waals surface area contributed by atoms with Crippen molar-refractivity contribution in [2.45, 2.75) is 25.7 Å². The van der Waals surface area contributed by atoms with Gasteiger partial charge < -0.3 is 9.52 Å². The van der Waals surface area contributed by atoms with Gasteiger partial charge in [-0.3, -0.25) is 4.79 Å². The summed E-state index contributed by atoms with van der Waals surface area (Å²) in [5, 5.41) is 10.0. The summed E-state index contributed by atoms with van der Waals surface area (Å²) in [6.45, 7) is 3.74. The molecule has 0 saturated heterocycles. The Bertz CT molecular complexity index is 858. The van der Waals surface area contributed by atoms with Gasteiger partial charge in [-0.25, -0.2) is 4.79 Å². The lowest BCUT2D eigenvalue weighted by molar-refractivity contribution is -0.132. The molecule has 1 aliphatic carbocycles. The standard InChI is InChI=1S/C16H13ClO4/c1-16(2)7-8(15(19)20)5-11-13(18)10-6-9(17)3-4-12(10)21-14(11)16/h3-6H,7H2,1-2H3,(H,19,20). The zero-order valence-corrected chi connectivity index (χ0v) is 12.3. The van der Waals surface area contributed by atoms with Crippen LogP contribution in [0.2, 0.25) is 5.02 Å². The first-order valence-electron chi connectivity index (χ1n) is 6.50. The second-order valence-corrected chi connectivity index (χ2v) is 6.29. The summed E-state index contributed by atoms with van der Waals surface area (Å²) in [7, 11) is 0. The number of carboxylic acids is 1. The molecule has 0 aliphatic heterocycles. The molecule has 0 atom stereocenters. The van der Waals surface area contributed by atoms with Crippen molar-refractivity contribution < 1.29 is 14.3 Å². The molecule has 1 aromatic carbocycles. The Hall–Kier alpha value is -2.07. The maximum atomic E-state index is 12.6. The average Bonchev–Trinajstić information content (AvgIpc) is 2.40. The fraction of sp³-hybridized carbons (Fsp3) is 0.250. The summed E-state index contributed by atoms with van der Waals surface area (Å²) < 4.78 is 5.87. The van der Waals surface area contributed by atoms with Gasteiger partial charge in [-0.15, -0.1) is 0 Å². The van der Waals surface area contributed by atoms with E-state index >= 15 is 0 Å². The molecule has 0 fully saturated rings. The van der Waals surface area contributed by atoms with Crippen LogP contribution in [0.25, 0.3) is 17.0 Å². The zero-order valence-electron chi connectivity index (χ0n) is 11.6. The topological polar surface area (TPSA) is 67.5 Å². The van der Waals surface area contributed by atoms with Gasteiger partial charge >= 0.3 is 5.97 Å². The molecule has 1 aliphatic rings. The lowest BCUT2D eigenvalue weighted by Crippen LogP contribution is -2.28. The van der Waals surface area contributed by atoms with E-state index in [9.17, 15) is 14.7 Å². The van der Waals surface area contributed by atoms with Crippen LogP contribution in [-0.4, -0.2) is 11.1 Å². The molecule has 3 rings (SSSR count). The molecular weight excluding hydrogens is 292 g/mol. The van der Waals surface area contributed by atoms with Gasteiger partial charge in [-0.2, -0.15) is 0 Å². The highest BCUT2D eigenvalue weighted by molar-refractivity contribution is 6.31. The van der Waals surface area contributed by atoms with Crippen LogP contribution in [0.4, 0.5) is 0 Å². The average molecular weight is 305 g/mol. The van der Waals surface area contributed by atoms with Crippen molar-refractivity contribution in [1.82, 2.24) is 0 Å². The third kappa shape index (κ3) is 2.16. The Kier molecular flexibility index (Phi) is 2.95. The van der Waals surface area contributed by atoms with Gasteiger partial charge in [0.1, 0.15) is 11.3 Å². The van der Waals surface area contributed by atoms with E-state index < -0.39 is 11.4 Å². The predicted octanol–water partition coefficient (Wildman–Crippen LogP) is 3.60. The van der Waals surface area contributed by atoms with Crippen molar-refractivity contribution in [2.24, 2.45) is 0 Å². The SMILES string of the molecule is CC1(C)CC(C(=O)O)=Cc2c1oc1ccc(Cl)cc1c2=O. The minimum absolute atomic E-state index is 0.209. The second-order valence-electron chi connectivity index (χ2n) is 5.85. The third-order valence-electron chi connectivity index (χ3n) is 3.73. The van der Waals surface area contributed by atoms with Crippen molar-refractivity contribution in [3.63, 3.8) is 0 Å². The fourth-order valence-corrected chi connectivity index (χ4v) is 2.91. The number of carboxylic acid groups (broad SMARTS) is 1. The highest BCUT2D eigenvalue weighted by atomic mass is 35.5. The van der Waals surface area contributed by atoms with Crippen LogP contribution in [0.3, 0.4) is 0 Å². The summed E-state index contributed by atoms with van der Waals surface area (Å²) in [6, 6.07) is 4.86. The number of benzene rings is 1. The first-order valence-corrected chi connectivity index (χ1v) is 6.88. The molecule has 1 aromatic heterocycles. The molecule has 21 heavy (non-hydrogen) atoms. The molecule has 0 spiro atoms. The maximum Gasteiger partial charge on any atom is 0.331 e. The number of rotatable bonds is 1. The molecule has 0 saturated carbocycles. The van der Waals surface area contributed by atoms with Crippen LogP contribution >= 0.6 is 11.6 Å². The van der Waals surface area contributed by atoms with E-state index in [2.05, 4.69) is 0 Å². The smallest absolute Gasteiger partial charge is 0.331 e. The largest absolute Gasteiger partial charge is 0.478 e. The zero-order chi connectivity index (χ0) is 15.4. The van der Waals surface area contributed by atoms with E-state index in [1.807, 2.05) is 13.8 Å². The summed E-state index contributed by atoms with van der Waals surface area (Å²) in [5.41, 5.74) is 0.174. The van der Waals surface area contributed by atoms with E-state index in [1.165, 1.54) is 6.08 Å². The summed E-state index contributed by atoms with van der Waals surface area (Å²) in [6.07, 6.45) is 1.73. The monoisotopic (exact) mass is 304 g/mol. The maximum absolute atomic E-state index is 12.6. The number of carbonyl (C=O) groups is 1. The number of hydrogen-bond donors (Lipinski definition) is 1. The van der Waals surface area contributed by atoms with Gasteiger partial charge in [0.05, 0.1) is 10.9 Å². The molecule has 0 bridgehead atoms. The van der Waals surface area contributed by atoms with Gasteiger partial charge in [0.15, 0.2) is 5.43 Å². The van der Waals surface area contributed by atoms with Crippen molar-refractivity contribution >= 4 is 34.6 Å². The molecule has 108 valence electrons. The molecule has 0 radical (unpaired) electrons. The molecule has 5 heteroatoms. The van der Waals surface area contributed by atoms with E-state index in [0.717, 1.165) is 0 Å². The number of hydrogen-bond acceptors (Lipinski definition) is 3. The van der Waals surface area contributed by atoms with Crippen LogP contribution in [0.5, 0.6) is 0 Å². The number of aliphatic carboxylic acids is 1. The van der Waals surface area contributed by atoms with E-state index in [4.69, 9.17) is 16.0 Å². The van der Waals surface area contributed by atoms with Crippen molar-refractivity contribution in [2.75, 3.05) is 0 Å². The quantitative estimate of drug-likeness (QED) is 0.874. The van der Waals surface area contributed by atoms with Gasteiger partial charge in [0.25, 0.3) is 0 Å². The Morgan fingerprint density at radius 3 is 2.76 bits per heavy atom. The molecule has 1 heterocycles. The van der Waals surface area contributed by atoms with Gasteiger partial charge in [0.2, 0.25) is 0 Å². The second kappa shape index (κ2) is 4.46. The van der Waals surface area contributed by atoms with Gasteiger partial charge in [0, 0.05) is 16.0 Å². The summed E-state index contributed by atoms with van der Waals surface area (Å²) >= 11 is 5.92. The van der Waals surface area contributed by atoms with E-state index in [1.54, 1.807) is 18.2 Å². The summed E-state index contributed by atoms with van der Waals surface area (Å²) in [5.74, 6) is -0.494. The summed E-state index contributed by atoms with van der Waals surface area (Å²) in [4.78, 5) is 23.9. The molecular formula is C16H13ClO4. The Balaban J connectivity index is 2.42. The van der Waals surface area contributed by atoms with Crippen LogP contribution in [0.15, 0.2) is 33.0 Å². The normalized spacial score (nSPS) is 16.4. The van der Waals surface area contributed by atoms with Crippen LogP contribution in [0.1, 0.15) is 31.6 Å². The molecule has 2 aromatic rings. The fourth-order valence-electron chi connectivity index (χ4n) is 2.73. The lowest BCUT2D eigenvalue weighted by atomic mass is 9.76. The van der Waals surface area contributed by atoms with E-state index in [0.29, 0.717) is 33.7 Å². The Morgan fingerprint density at radius 2 is 2.10 bits per heavy atom. The van der Waals surface area contributed by atoms with Crippen LogP contribution < -0.4 is 5.43 Å². The molecule has 4 nitrogen and oxygen atoms in total. The molecule has 0 amide bonds. The minimum Gasteiger partial charge on any atom is -0.478 e. The first-order chi connectivity index (χ1) is 9.79. The minimum atomic E-state index is -1.01. The van der Waals surface area contributed by atoms with Crippen molar-refractivity contribution in [1.29, 1.82) is 0 Å². The van der Waals surface area contributed by atoms with Gasteiger partial charge in [-0.05, 0) is 30.7 Å². The third-order valence-corrected chi connectivity index (χ3v) is 3.96. The lowest BCUT2D eigenvalue weighted by Gasteiger charge is -2.29. The Labute approximate surface area is 125 Å². The van der Waals surface area contributed by atoms with Crippen molar-refractivity contribution in [3.8, 4) is 0 Å². The van der Waals surface area contributed by atoms with Crippen LogP contribution in [0, 0.1) is 0 Å². The highest BCUT2D eigenvalue weighted by Crippen LogP contribution is 2.38. The van der Waals surface area contributed by atoms with E-state index in [-0.39, 0.29) is 11.0 Å². The van der Waals surface area contributed by atoms with Gasteiger partial charge in [-0.1, -0.05) is 25.4 Å². The molecule has 1 N–H and O–H groups in total. The first kappa shape index (κ1) is 13.9. The molecule has 0 unspecified atom stereocenters. The number of halogens is 1. The number of fused-ring (bicyclic) bond motifs is 2. The predicted molar refractivity (Wildman–Crippen MR) is 80.7 cm³/mol. The highest BCUT2D eigenvalue weighted by Gasteiger charge is 2.35. The van der Waals surface area contributed by atoms with Crippen LogP contribution in [-0.2, 0) is 10.2 Å². The van der Waals surface area contributed by atoms with Crippen molar-refractivity contribution in [3.05, 3.63) is 50.3 Å².